The zero-order valence-electron chi connectivity index (χ0n) is 8.03. The van der Waals surface area contributed by atoms with Gasteiger partial charge in [0.2, 0.25) is 0 Å². The Labute approximate surface area is 101 Å². The summed E-state index contributed by atoms with van der Waals surface area (Å²) in [6.45, 7) is 0. The number of methoxy groups -OCH3 is 1. The van der Waals surface area contributed by atoms with Crippen LogP contribution in [0.4, 0.5) is 0 Å². The molecule has 0 unspecified atom stereocenters. The number of benzene rings is 1. The Bertz CT molecular complexity index is 375. The first kappa shape index (κ1) is 12.0. The molecule has 1 rings (SSSR count). The first-order chi connectivity index (χ1) is 7.17. The standard InChI is InChI=1S/C10H9IO4/c1-14-9(12)6-7-3-2-4-8(5-7)10(13)15-11/h2-5H,6H2,1H3. The zero-order chi connectivity index (χ0) is 11.3. The van der Waals surface area contributed by atoms with Crippen molar-refractivity contribution in [3.63, 3.8) is 0 Å². The Morgan fingerprint density at radius 2 is 2.13 bits per heavy atom. The van der Waals surface area contributed by atoms with E-state index in [1.54, 1.807) is 24.3 Å². The van der Waals surface area contributed by atoms with Crippen molar-refractivity contribution in [2.24, 2.45) is 0 Å². The molecule has 0 saturated heterocycles. The fourth-order valence-electron chi connectivity index (χ4n) is 1.09. The summed E-state index contributed by atoms with van der Waals surface area (Å²) in [4.78, 5) is 22.2. The predicted octanol–water partition coefficient (Wildman–Crippen LogP) is 1.91. The maximum atomic E-state index is 11.2. The second-order valence-electron chi connectivity index (χ2n) is 2.82. The zero-order valence-corrected chi connectivity index (χ0v) is 10.2. The van der Waals surface area contributed by atoms with Gasteiger partial charge in [-0.3, -0.25) is 4.79 Å². The summed E-state index contributed by atoms with van der Waals surface area (Å²) in [5.41, 5.74) is 1.15. The van der Waals surface area contributed by atoms with Gasteiger partial charge in [0.1, 0.15) is 0 Å². The van der Waals surface area contributed by atoms with Crippen LogP contribution in [-0.2, 0) is 19.0 Å². The van der Waals surface area contributed by atoms with Gasteiger partial charge in [-0.2, -0.15) is 0 Å². The molecule has 0 amide bonds. The minimum Gasteiger partial charge on any atom is -0.469 e. The number of hydrogen-bond acceptors (Lipinski definition) is 4. The van der Waals surface area contributed by atoms with Crippen molar-refractivity contribution in [1.82, 2.24) is 0 Å². The lowest BCUT2D eigenvalue weighted by Crippen LogP contribution is -2.06. The number of halogens is 1. The average molecular weight is 320 g/mol. The topological polar surface area (TPSA) is 52.6 Å². The van der Waals surface area contributed by atoms with Crippen molar-refractivity contribution in [3.05, 3.63) is 35.4 Å². The molecule has 1 aromatic carbocycles. The molecule has 0 spiro atoms. The smallest absolute Gasteiger partial charge is 0.347 e. The summed E-state index contributed by atoms with van der Waals surface area (Å²) in [6, 6.07) is 6.68. The van der Waals surface area contributed by atoms with Gasteiger partial charge < -0.3 is 7.80 Å². The highest BCUT2D eigenvalue weighted by Gasteiger charge is 2.08. The van der Waals surface area contributed by atoms with E-state index in [0.29, 0.717) is 5.56 Å². The third kappa shape index (κ3) is 3.50. The molecular weight excluding hydrogens is 311 g/mol. The molecule has 15 heavy (non-hydrogen) atoms. The molecule has 0 aliphatic carbocycles. The van der Waals surface area contributed by atoms with Gasteiger partial charge in [0.05, 0.1) is 19.1 Å². The van der Waals surface area contributed by atoms with Crippen molar-refractivity contribution < 1.29 is 17.4 Å². The summed E-state index contributed by atoms with van der Waals surface area (Å²) in [5.74, 6) is -0.766. The Hall–Kier alpha value is -1.11. The minimum absolute atomic E-state index is 0.152. The van der Waals surface area contributed by atoms with Gasteiger partial charge in [-0.05, 0) is 17.7 Å². The number of ether oxygens (including phenoxy) is 1. The maximum Gasteiger partial charge on any atom is 0.347 e. The van der Waals surface area contributed by atoms with E-state index in [1.165, 1.54) is 30.1 Å². The van der Waals surface area contributed by atoms with Crippen LogP contribution in [0.5, 0.6) is 0 Å². The third-order valence-electron chi connectivity index (χ3n) is 1.81. The van der Waals surface area contributed by atoms with Crippen molar-refractivity contribution in [3.8, 4) is 0 Å². The Morgan fingerprint density at radius 3 is 2.73 bits per heavy atom. The number of carbonyl (C=O) groups is 2. The van der Waals surface area contributed by atoms with E-state index in [2.05, 4.69) is 7.80 Å². The molecule has 0 radical (unpaired) electrons. The van der Waals surface area contributed by atoms with Crippen LogP contribution in [-0.4, -0.2) is 19.0 Å². The molecule has 0 aromatic heterocycles. The van der Waals surface area contributed by atoms with Gasteiger partial charge in [-0.1, -0.05) is 12.1 Å². The van der Waals surface area contributed by atoms with Crippen molar-refractivity contribution in [2.75, 3.05) is 7.11 Å². The highest BCUT2D eigenvalue weighted by atomic mass is 127. The van der Waals surface area contributed by atoms with E-state index in [-0.39, 0.29) is 12.4 Å². The number of hydrogen-bond donors (Lipinski definition) is 0. The monoisotopic (exact) mass is 320 g/mol. The average Bonchev–Trinajstić information content (AvgIpc) is 2.28. The summed E-state index contributed by atoms with van der Waals surface area (Å²) >= 11 is 1.52. The van der Waals surface area contributed by atoms with E-state index in [1.807, 2.05) is 0 Å². The lowest BCUT2D eigenvalue weighted by molar-refractivity contribution is -0.139. The first-order valence-corrected chi connectivity index (χ1v) is 5.04. The minimum atomic E-state index is -0.428. The summed E-state index contributed by atoms with van der Waals surface area (Å²) in [7, 11) is 1.32. The van der Waals surface area contributed by atoms with Gasteiger partial charge >= 0.3 is 11.9 Å². The highest BCUT2D eigenvalue weighted by Crippen LogP contribution is 2.09. The van der Waals surface area contributed by atoms with E-state index in [0.717, 1.165) is 5.56 Å². The van der Waals surface area contributed by atoms with E-state index < -0.39 is 5.97 Å². The second-order valence-corrected chi connectivity index (χ2v) is 3.26. The maximum absolute atomic E-state index is 11.2. The van der Waals surface area contributed by atoms with Crippen molar-refractivity contribution in [1.29, 1.82) is 0 Å². The van der Waals surface area contributed by atoms with Crippen LogP contribution in [0.15, 0.2) is 24.3 Å². The molecule has 0 aliphatic rings. The van der Waals surface area contributed by atoms with E-state index >= 15 is 0 Å². The second kappa shape index (κ2) is 5.69. The number of esters is 1. The molecule has 0 saturated carbocycles. The number of carbonyl (C=O) groups excluding carboxylic acids is 2. The largest absolute Gasteiger partial charge is 0.469 e. The molecule has 4 nitrogen and oxygen atoms in total. The third-order valence-corrected chi connectivity index (χ3v) is 2.21. The Morgan fingerprint density at radius 1 is 1.40 bits per heavy atom. The lowest BCUT2D eigenvalue weighted by Gasteiger charge is -2.02. The highest BCUT2D eigenvalue weighted by molar-refractivity contribution is 14.1. The SMILES string of the molecule is COC(=O)Cc1cccc(C(=O)OI)c1. The summed E-state index contributed by atoms with van der Waals surface area (Å²) in [6.07, 6.45) is 0.152. The number of rotatable bonds is 3. The van der Waals surface area contributed by atoms with Crippen LogP contribution in [0, 0.1) is 0 Å². The fourth-order valence-corrected chi connectivity index (χ4v) is 1.35. The lowest BCUT2D eigenvalue weighted by atomic mass is 10.1. The molecule has 1 aromatic rings. The Kier molecular flexibility index (Phi) is 4.54. The molecule has 0 heterocycles. The van der Waals surface area contributed by atoms with E-state index in [4.69, 9.17) is 0 Å². The quantitative estimate of drug-likeness (QED) is 0.631. The molecule has 0 fully saturated rings. The van der Waals surface area contributed by atoms with Gasteiger partial charge in [0.15, 0.2) is 23.0 Å². The first-order valence-electron chi connectivity index (χ1n) is 4.16. The Balaban J connectivity index is 2.83. The molecular formula is C10H9IO4. The van der Waals surface area contributed by atoms with Crippen LogP contribution in [0.25, 0.3) is 0 Å². The molecule has 5 heteroatoms. The van der Waals surface area contributed by atoms with Crippen LogP contribution in [0.3, 0.4) is 0 Å². The summed E-state index contributed by atoms with van der Waals surface area (Å²) in [5, 5.41) is 0. The predicted molar refractivity (Wildman–Crippen MR) is 61.6 cm³/mol. The van der Waals surface area contributed by atoms with Crippen LogP contribution in [0.1, 0.15) is 15.9 Å². The molecule has 0 aliphatic heterocycles. The molecule has 80 valence electrons. The van der Waals surface area contributed by atoms with Crippen LogP contribution >= 0.6 is 23.0 Å². The molecule has 0 N–H and O–H groups in total. The van der Waals surface area contributed by atoms with Gasteiger partial charge in [0.25, 0.3) is 0 Å². The van der Waals surface area contributed by atoms with E-state index in [9.17, 15) is 9.59 Å². The summed E-state index contributed by atoms with van der Waals surface area (Å²) < 4.78 is 9.06. The fraction of sp³-hybridized carbons (Fsp3) is 0.200. The molecule has 0 atom stereocenters. The normalized spacial score (nSPS) is 9.47. The van der Waals surface area contributed by atoms with Gasteiger partial charge in [-0.25, -0.2) is 4.79 Å². The van der Waals surface area contributed by atoms with Gasteiger partial charge in [-0.15, -0.1) is 0 Å². The van der Waals surface area contributed by atoms with Gasteiger partial charge in [0, 0.05) is 0 Å². The van der Waals surface area contributed by atoms with Crippen LogP contribution < -0.4 is 0 Å². The van der Waals surface area contributed by atoms with Crippen LogP contribution in [0.2, 0.25) is 0 Å². The molecule has 0 bridgehead atoms. The van der Waals surface area contributed by atoms with Crippen molar-refractivity contribution in [2.45, 2.75) is 6.42 Å². The van der Waals surface area contributed by atoms with Crippen molar-refractivity contribution >= 4 is 34.9 Å².